The largest absolute Gasteiger partial charge is 0.368 e. The van der Waals surface area contributed by atoms with Gasteiger partial charge in [-0.25, -0.2) is 4.39 Å². The van der Waals surface area contributed by atoms with Crippen molar-refractivity contribution in [2.75, 3.05) is 36.0 Å². The van der Waals surface area contributed by atoms with Gasteiger partial charge in [-0.15, -0.1) is 0 Å². The van der Waals surface area contributed by atoms with E-state index in [0.717, 1.165) is 34.9 Å². The van der Waals surface area contributed by atoms with Crippen molar-refractivity contribution < 1.29 is 14.0 Å². The molecule has 0 atom stereocenters. The summed E-state index contributed by atoms with van der Waals surface area (Å²) < 4.78 is 14.4. The van der Waals surface area contributed by atoms with Crippen LogP contribution in [-0.4, -0.2) is 42.9 Å². The van der Waals surface area contributed by atoms with Crippen LogP contribution in [0.4, 0.5) is 15.8 Å². The number of carbonyl (C=O) groups is 2. The molecule has 0 N–H and O–H groups in total. The third kappa shape index (κ3) is 5.87. The van der Waals surface area contributed by atoms with E-state index in [4.69, 9.17) is 11.6 Å². The van der Waals surface area contributed by atoms with Crippen LogP contribution in [0.3, 0.4) is 0 Å². The number of amides is 2. The molecule has 1 fully saturated rings. The van der Waals surface area contributed by atoms with E-state index >= 15 is 0 Å². The second-order valence-corrected chi connectivity index (χ2v) is 11.5. The van der Waals surface area contributed by atoms with Crippen molar-refractivity contribution in [2.24, 2.45) is 0 Å². The topological polar surface area (TPSA) is 43.9 Å². The number of fused-ring (bicyclic) bond motifs is 1. The molecule has 0 radical (unpaired) electrons. The molecule has 2 aliphatic heterocycles. The number of para-hydroxylation sites is 1. The van der Waals surface area contributed by atoms with E-state index in [-0.39, 0.29) is 24.2 Å². The summed E-state index contributed by atoms with van der Waals surface area (Å²) >= 11 is 7.41. The van der Waals surface area contributed by atoms with E-state index in [2.05, 4.69) is 4.90 Å². The van der Waals surface area contributed by atoms with Gasteiger partial charge in [-0.3, -0.25) is 9.59 Å². The Hall–Kier alpha value is -4.07. The normalized spacial score (nSPS) is 16.2. The average molecular weight is 584 g/mol. The molecule has 4 aromatic rings. The molecule has 0 spiro atoms. The summed E-state index contributed by atoms with van der Waals surface area (Å²) in [6.07, 6.45) is 1.83. The second-order valence-electron chi connectivity index (χ2n) is 9.94. The highest BCUT2D eigenvalue weighted by molar-refractivity contribution is 8.04. The number of anilines is 2. The van der Waals surface area contributed by atoms with Gasteiger partial charge in [0, 0.05) is 52.9 Å². The summed E-state index contributed by atoms with van der Waals surface area (Å²) in [5, 5.41) is 0.706. The van der Waals surface area contributed by atoms with Crippen LogP contribution in [0.15, 0.2) is 107 Å². The molecule has 41 heavy (non-hydrogen) atoms. The predicted molar refractivity (Wildman–Crippen MR) is 164 cm³/mol. The molecule has 2 aliphatic rings. The van der Waals surface area contributed by atoms with Crippen LogP contribution in [0.1, 0.15) is 21.5 Å². The molecule has 4 aromatic carbocycles. The van der Waals surface area contributed by atoms with Gasteiger partial charge in [-0.05, 0) is 66.2 Å². The first-order valence-corrected chi connectivity index (χ1v) is 14.6. The molecule has 0 aliphatic carbocycles. The van der Waals surface area contributed by atoms with Crippen molar-refractivity contribution in [1.29, 1.82) is 0 Å². The standard InChI is InChI=1S/C33H27ClFN3O2S/c34-26-13-15-27(16-14-26)36-17-19-37(20-18-36)32(39)24-11-9-23(10-12-24)21-31-33(40)38(22-25-5-1-2-6-28(25)35)29-7-3-4-8-30(29)41-31/h1-16,21H,17-20,22H2/b31-21-. The molecule has 206 valence electrons. The van der Waals surface area contributed by atoms with Crippen LogP contribution in [0.2, 0.25) is 5.02 Å². The van der Waals surface area contributed by atoms with Gasteiger partial charge in [0.05, 0.1) is 17.1 Å². The zero-order chi connectivity index (χ0) is 28.3. The Balaban J connectivity index is 1.16. The first-order valence-electron chi connectivity index (χ1n) is 13.4. The molecule has 0 saturated carbocycles. The average Bonchev–Trinajstić information content (AvgIpc) is 3.01. The Morgan fingerprint density at radius 3 is 2.27 bits per heavy atom. The van der Waals surface area contributed by atoms with Crippen LogP contribution in [-0.2, 0) is 11.3 Å². The monoisotopic (exact) mass is 583 g/mol. The van der Waals surface area contributed by atoms with Crippen LogP contribution in [0.25, 0.3) is 6.08 Å². The first-order chi connectivity index (χ1) is 20.0. The highest BCUT2D eigenvalue weighted by atomic mass is 35.5. The van der Waals surface area contributed by atoms with E-state index in [1.807, 2.05) is 83.8 Å². The van der Waals surface area contributed by atoms with Gasteiger partial charge >= 0.3 is 0 Å². The predicted octanol–water partition coefficient (Wildman–Crippen LogP) is 7.12. The van der Waals surface area contributed by atoms with Crippen LogP contribution >= 0.6 is 23.4 Å². The van der Waals surface area contributed by atoms with Crippen molar-refractivity contribution >= 4 is 52.6 Å². The zero-order valence-corrected chi connectivity index (χ0v) is 23.7. The maximum absolute atomic E-state index is 14.4. The second kappa shape index (κ2) is 11.8. The lowest BCUT2D eigenvalue weighted by molar-refractivity contribution is -0.114. The van der Waals surface area contributed by atoms with E-state index in [1.54, 1.807) is 23.1 Å². The number of nitrogens with zero attached hydrogens (tertiary/aromatic N) is 3. The number of hydrogen-bond acceptors (Lipinski definition) is 4. The van der Waals surface area contributed by atoms with Gasteiger partial charge in [-0.2, -0.15) is 0 Å². The number of piperazine rings is 1. The third-order valence-electron chi connectivity index (χ3n) is 7.33. The Labute approximate surface area is 247 Å². The molecular weight excluding hydrogens is 557 g/mol. The van der Waals surface area contributed by atoms with Crippen molar-refractivity contribution in [2.45, 2.75) is 11.4 Å². The fourth-order valence-electron chi connectivity index (χ4n) is 5.09. The molecule has 8 heteroatoms. The minimum atomic E-state index is -0.340. The summed E-state index contributed by atoms with van der Waals surface area (Å²) in [7, 11) is 0. The summed E-state index contributed by atoms with van der Waals surface area (Å²) in [5.74, 6) is -0.531. The summed E-state index contributed by atoms with van der Waals surface area (Å²) in [6, 6.07) is 29.3. The Morgan fingerprint density at radius 1 is 0.854 bits per heavy atom. The van der Waals surface area contributed by atoms with Crippen LogP contribution < -0.4 is 9.80 Å². The fraction of sp³-hybridized carbons (Fsp3) is 0.152. The van der Waals surface area contributed by atoms with E-state index in [1.165, 1.54) is 17.8 Å². The summed E-state index contributed by atoms with van der Waals surface area (Å²) in [4.78, 5) is 34.0. The zero-order valence-electron chi connectivity index (χ0n) is 22.2. The van der Waals surface area contributed by atoms with Crippen molar-refractivity contribution in [1.82, 2.24) is 4.90 Å². The fourth-order valence-corrected chi connectivity index (χ4v) is 6.28. The highest BCUT2D eigenvalue weighted by Gasteiger charge is 2.30. The molecule has 6 rings (SSSR count). The van der Waals surface area contributed by atoms with Gasteiger partial charge in [0.2, 0.25) is 0 Å². The Kier molecular flexibility index (Phi) is 7.81. The van der Waals surface area contributed by atoms with Gasteiger partial charge in [0.15, 0.2) is 0 Å². The lowest BCUT2D eigenvalue weighted by atomic mass is 10.1. The molecule has 5 nitrogen and oxygen atoms in total. The SMILES string of the molecule is O=C(c1ccc(/C=C2\Sc3ccccc3N(Cc3ccccc3F)C2=O)cc1)N1CCN(c2ccc(Cl)cc2)CC1. The van der Waals surface area contributed by atoms with Gasteiger partial charge < -0.3 is 14.7 Å². The molecule has 0 bridgehead atoms. The van der Waals surface area contributed by atoms with E-state index in [0.29, 0.717) is 34.1 Å². The Morgan fingerprint density at radius 2 is 1.54 bits per heavy atom. The van der Waals surface area contributed by atoms with E-state index < -0.39 is 0 Å². The molecule has 2 amide bonds. The highest BCUT2D eigenvalue weighted by Crippen LogP contribution is 2.42. The van der Waals surface area contributed by atoms with Crippen molar-refractivity contribution in [3.8, 4) is 0 Å². The lowest BCUT2D eigenvalue weighted by Crippen LogP contribution is -2.48. The first kappa shape index (κ1) is 27.1. The maximum atomic E-state index is 14.4. The smallest absolute Gasteiger partial charge is 0.265 e. The van der Waals surface area contributed by atoms with Crippen LogP contribution in [0, 0.1) is 5.82 Å². The minimum absolute atomic E-state index is 0.00642. The minimum Gasteiger partial charge on any atom is -0.368 e. The lowest BCUT2D eigenvalue weighted by Gasteiger charge is -2.36. The Bertz CT molecular complexity index is 1620. The molecule has 0 unspecified atom stereocenters. The molecule has 1 saturated heterocycles. The van der Waals surface area contributed by atoms with Gasteiger partial charge in [0.25, 0.3) is 11.8 Å². The molecular formula is C33H27ClFN3O2S. The van der Waals surface area contributed by atoms with Gasteiger partial charge in [-0.1, -0.05) is 65.8 Å². The molecule has 2 heterocycles. The summed E-state index contributed by atoms with van der Waals surface area (Å²) in [6.45, 7) is 2.91. The van der Waals surface area contributed by atoms with Gasteiger partial charge in [0.1, 0.15) is 5.82 Å². The van der Waals surface area contributed by atoms with Crippen LogP contribution in [0.5, 0.6) is 0 Å². The van der Waals surface area contributed by atoms with Crippen molar-refractivity contribution in [3.05, 3.63) is 129 Å². The van der Waals surface area contributed by atoms with E-state index in [9.17, 15) is 14.0 Å². The number of thioether (sulfide) groups is 1. The number of hydrogen-bond donors (Lipinski definition) is 0. The molecule has 0 aromatic heterocycles. The maximum Gasteiger partial charge on any atom is 0.265 e. The number of carbonyl (C=O) groups excluding carboxylic acids is 2. The van der Waals surface area contributed by atoms with Crippen molar-refractivity contribution in [3.63, 3.8) is 0 Å². The number of benzene rings is 4. The summed E-state index contributed by atoms with van der Waals surface area (Å²) in [5.41, 5.74) is 3.75. The third-order valence-corrected chi connectivity index (χ3v) is 8.66. The number of rotatable bonds is 5. The number of halogens is 2. The quantitative estimate of drug-likeness (QED) is 0.235.